The first-order valence-electron chi connectivity index (χ1n) is 6.01. The summed E-state index contributed by atoms with van der Waals surface area (Å²) in [6, 6.07) is 0. The van der Waals surface area contributed by atoms with Crippen LogP contribution in [0.2, 0.25) is 0 Å². The summed E-state index contributed by atoms with van der Waals surface area (Å²) in [4.78, 5) is 15.6. The Morgan fingerprint density at radius 2 is 2.26 bits per heavy atom. The highest BCUT2D eigenvalue weighted by Gasteiger charge is 2.46. The van der Waals surface area contributed by atoms with Crippen molar-refractivity contribution in [2.45, 2.75) is 19.3 Å². The molecule has 19 heavy (non-hydrogen) atoms. The number of rotatable bonds is 5. The van der Waals surface area contributed by atoms with Crippen LogP contribution in [-0.2, 0) is 19.7 Å². The fraction of sp³-hybridized carbons (Fsp3) is 0.636. The molecule has 2 rings (SSSR count). The molecule has 1 fully saturated rings. The van der Waals surface area contributed by atoms with E-state index < -0.39 is 10.2 Å². The predicted molar refractivity (Wildman–Crippen MR) is 67.7 cm³/mol. The van der Waals surface area contributed by atoms with E-state index in [1.54, 1.807) is 6.92 Å². The molecule has 0 N–H and O–H groups in total. The molecule has 0 spiro atoms. The molecular weight excluding hydrogens is 270 g/mol. The zero-order valence-electron chi connectivity index (χ0n) is 11.1. The van der Waals surface area contributed by atoms with Crippen molar-refractivity contribution >= 4 is 16.2 Å². The molecule has 0 amide bonds. The Balaban J connectivity index is 2.10. The van der Waals surface area contributed by atoms with Crippen LogP contribution in [0.4, 0.5) is 0 Å². The van der Waals surface area contributed by atoms with Crippen molar-refractivity contribution in [3.63, 3.8) is 0 Å². The Hall–Kier alpha value is -1.41. The molecule has 0 aromatic carbocycles. The number of aromatic nitrogens is 2. The Bertz CT molecular complexity index is 579. The predicted octanol–water partition coefficient (Wildman–Crippen LogP) is 0.204. The third-order valence-corrected chi connectivity index (χ3v) is 4.72. The van der Waals surface area contributed by atoms with Crippen molar-refractivity contribution in [2.24, 2.45) is 5.92 Å². The van der Waals surface area contributed by atoms with Crippen molar-refractivity contribution in [3.05, 3.63) is 18.2 Å². The minimum Gasteiger partial charge on any atom is -0.466 e. The van der Waals surface area contributed by atoms with Crippen LogP contribution in [0.3, 0.4) is 0 Å². The maximum absolute atomic E-state index is 11.9. The second-order valence-electron chi connectivity index (χ2n) is 4.62. The third-order valence-electron chi connectivity index (χ3n) is 3.07. The van der Waals surface area contributed by atoms with Gasteiger partial charge in [-0.05, 0) is 13.3 Å². The standard InChI is InChI=1S/C11H17N3O4S/c1-4-18-11(15)9-5-8(9)10-6-14(7-12-10)19(16,17)13(2)3/h6-9H,4-5H2,1-3H3/t8-,9-/m1/s1. The summed E-state index contributed by atoms with van der Waals surface area (Å²) in [5, 5.41) is 0. The first kappa shape index (κ1) is 14.0. The van der Waals surface area contributed by atoms with E-state index in [0.717, 1.165) is 8.28 Å². The number of carbonyl (C=O) groups is 1. The molecule has 0 radical (unpaired) electrons. The molecule has 8 heteroatoms. The van der Waals surface area contributed by atoms with Crippen LogP contribution in [0.5, 0.6) is 0 Å². The molecule has 0 unspecified atom stereocenters. The maximum Gasteiger partial charge on any atom is 0.309 e. The third kappa shape index (κ3) is 2.64. The van der Waals surface area contributed by atoms with E-state index in [2.05, 4.69) is 4.98 Å². The zero-order valence-corrected chi connectivity index (χ0v) is 11.9. The van der Waals surface area contributed by atoms with Crippen LogP contribution < -0.4 is 0 Å². The Morgan fingerprint density at radius 1 is 1.58 bits per heavy atom. The van der Waals surface area contributed by atoms with E-state index in [4.69, 9.17) is 4.74 Å². The van der Waals surface area contributed by atoms with Gasteiger partial charge in [0.1, 0.15) is 6.33 Å². The second kappa shape index (κ2) is 4.93. The fourth-order valence-electron chi connectivity index (χ4n) is 1.86. The van der Waals surface area contributed by atoms with Gasteiger partial charge in [0.25, 0.3) is 0 Å². The summed E-state index contributed by atoms with van der Waals surface area (Å²) in [5.74, 6) is -0.458. The molecule has 2 atom stereocenters. The molecule has 1 aromatic rings. The summed E-state index contributed by atoms with van der Waals surface area (Å²) < 4.78 is 30.8. The smallest absolute Gasteiger partial charge is 0.309 e. The first-order valence-corrected chi connectivity index (χ1v) is 7.41. The largest absolute Gasteiger partial charge is 0.466 e. The Labute approximate surface area is 112 Å². The summed E-state index contributed by atoms with van der Waals surface area (Å²) in [7, 11) is -0.635. The normalized spacial score (nSPS) is 22.5. The molecule has 1 aliphatic carbocycles. The van der Waals surface area contributed by atoms with Crippen molar-refractivity contribution in [1.82, 2.24) is 13.3 Å². The lowest BCUT2D eigenvalue weighted by molar-refractivity contribution is -0.144. The minimum atomic E-state index is -3.54. The van der Waals surface area contributed by atoms with Gasteiger partial charge < -0.3 is 4.74 Å². The lowest BCUT2D eigenvalue weighted by atomic mass is 10.2. The lowest BCUT2D eigenvalue weighted by Crippen LogP contribution is -2.27. The quantitative estimate of drug-likeness (QED) is 0.723. The number of ether oxygens (including phenoxy) is 1. The average molecular weight is 287 g/mol. The molecule has 1 aliphatic rings. The van der Waals surface area contributed by atoms with Gasteiger partial charge in [0.15, 0.2) is 0 Å². The topological polar surface area (TPSA) is 81.5 Å². The maximum atomic E-state index is 11.9. The van der Waals surface area contributed by atoms with E-state index in [0.29, 0.717) is 18.7 Å². The first-order chi connectivity index (χ1) is 8.87. The summed E-state index contributed by atoms with van der Waals surface area (Å²) in [6.07, 6.45) is 3.38. The van der Waals surface area contributed by atoms with Gasteiger partial charge in [-0.15, -0.1) is 0 Å². The van der Waals surface area contributed by atoms with Gasteiger partial charge in [-0.2, -0.15) is 12.7 Å². The van der Waals surface area contributed by atoms with Crippen LogP contribution in [0.25, 0.3) is 0 Å². The summed E-state index contributed by atoms with van der Waals surface area (Å²) in [5.41, 5.74) is 0.614. The highest BCUT2D eigenvalue weighted by atomic mass is 32.2. The minimum absolute atomic E-state index is 0.0299. The molecule has 1 aromatic heterocycles. The number of carbonyl (C=O) groups excluding carboxylic acids is 1. The highest BCUT2D eigenvalue weighted by Crippen LogP contribution is 2.47. The fourth-order valence-corrected chi connectivity index (χ4v) is 2.64. The van der Waals surface area contributed by atoms with Gasteiger partial charge >= 0.3 is 16.2 Å². The molecule has 0 aliphatic heterocycles. The number of hydrogen-bond donors (Lipinski definition) is 0. The van der Waals surface area contributed by atoms with Crippen LogP contribution in [0, 0.1) is 5.92 Å². The SMILES string of the molecule is CCOC(=O)[C@@H]1C[C@H]1c1cn(S(=O)(=O)N(C)C)cn1. The highest BCUT2D eigenvalue weighted by molar-refractivity contribution is 7.87. The van der Waals surface area contributed by atoms with E-state index in [-0.39, 0.29) is 17.8 Å². The van der Waals surface area contributed by atoms with E-state index in [1.807, 2.05) is 0 Å². The molecule has 106 valence electrons. The average Bonchev–Trinajstić information content (AvgIpc) is 2.98. The van der Waals surface area contributed by atoms with Gasteiger partial charge in [-0.25, -0.2) is 8.96 Å². The van der Waals surface area contributed by atoms with Crippen molar-refractivity contribution in [2.75, 3.05) is 20.7 Å². The monoisotopic (exact) mass is 287 g/mol. The molecule has 0 saturated heterocycles. The van der Waals surface area contributed by atoms with Gasteiger partial charge in [0.05, 0.1) is 18.2 Å². The van der Waals surface area contributed by atoms with Crippen molar-refractivity contribution in [1.29, 1.82) is 0 Å². The molecule has 0 bridgehead atoms. The van der Waals surface area contributed by atoms with E-state index >= 15 is 0 Å². The number of nitrogens with zero attached hydrogens (tertiary/aromatic N) is 3. The molecule has 1 saturated carbocycles. The molecule has 7 nitrogen and oxygen atoms in total. The summed E-state index contributed by atoms with van der Waals surface area (Å²) in [6.45, 7) is 2.11. The second-order valence-corrected chi connectivity index (χ2v) is 6.67. The number of imidazole rings is 1. The van der Waals surface area contributed by atoms with Gasteiger partial charge in [-0.3, -0.25) is 4.79 Å². The number of hydrogen-bond acceptors (Lipinski definition) is 5. The number of esters is 1. The molecule has 1 heterocycles. The van der Waals surface area contributed by atoms with Crippen LogP contribution in [0.15, 0.2) is 12.5 Å². The van der Waals surface area contributed by atoms with Gasteiger partial charge in [0.2, 0.25) is 0 Å². The van der Waals surface area contributed by atoms with Crippen LogP contribution in [-0.4, -0.2) is 48.4 Å². The Kier molecular flexibility index (Phi) is 3.64. The van der Waals surface area contributed by atoms with Gasteiger partial charge in [0, 0.05) is 26.2 Å². The van der Waals surface area contributed by atoms with Crippen LogP contribution >= 0.6 is 0 Å². The van der Waals surface area contributed by atoms with Crippen molar-refractivity contribution in [3.8, 4) is 0 Å². The van der Waals surface area contributed by atoms with E-state index in [1.165, 1.54) is 26.6 Å². The Morgan fingerprint density at radius 3 is 2.84 bits per heavy atom. The molecular formula is C11H17N3O4S. The van der Waals surface area contributed by atoms with Gasteiger partial charge in [-0.1, -0.05) is 0 Å². The zero-order chi connectivity index (χ0) is 14.2. The van der Waals surface area contributed by atoms with Crippen molar-refractivity contribution < 1.29 is 17.9 Å². The lowest BCUT2D eigenvalue weighted by Gasteiger charge is -2.10. The van der Waals surface area contributed by atoms with Crippen LogP contribution in [0.1, 0.15) is 25.0 Å². The van der Waals surface area contributed by atoms with E-state index in [9.17, 15) is 13.2 Å². The summed E-state index contributed by atoms with van der Waals surface area (Å²) >= 11 is 0.